The van der Waals surface area contributed by atoms with Crippen molar-refractivity contribution in [2.45, 2.75) is 44.2 Å². The number of benzene rings is 1. The van der Waals surface area contributed by atoms with Crippen molar-refractivity contribution in [3.63, 3.8) is 0 Å². The summed E-state index contributed by atoms with van der Waals surface area (Å²) in [6, 6.07) is 10.0. The van der Waals surface area contributed by atoms with Crippen LogP contribution in [0, 0.1) is 0 Å². The number of aromatic amines is 1. The Morgan fingerprint density at radius 2 is 1.95 bits per heavy atom. The van der Waals surface area contributed by atoms with Crippen molar-refractivity contribution in [1.29, 1.82) is 0 Å². The number of pyridine rings is 1. The zero-order valence-corrected chi connectivity index (χ0v) is 11.6. The molecule has 1 aromatic carbocycles. The summed E-state index contributed by atoms with van der Waals surface area (Å²) >= 11 is 0. The molecule has 4 heteroatoms. The van der Waals surface area contributed by atoms with Crippen molar-refractivity contribution < 1.29 is 0 Å². The van der Waals surface area contributed by atoms with Gasteiger partial charge in [0.25, 0.3) is 5.56 Å². The third-order valence-corrected chi connectivity index (χ3v) is 4.16. The zero-order valence-electron chi connectivity index (χ0n) is 11.6. The third kappa shape index (κ3) is 2.70. The van der Waals surface area contributed by atoms with E-state index in [0.29, 0.717) is 0 Å². The highest BCUT2D eigenvalue weighted by atomic mass is 16.1. The molecule has 2 aromatic rings. The molecule has 0 radical (unpaired) electrons. The van der Waals surface area contributed by atoms with E-state index < -0.39 is 0 Å². The second-order valence-corrected chi connectivity index (χ2v) is 5.65. The molecule has 0 aliphatic heterocycles. The molecule has 1 aliphatic rings. The highest BCUT2D eigenvalue weighted by Crippen LogP contribution is 2.20. The first kappa shape index (κ1) is 13.2. The van der Waals surface area contributed by atoms with Crippen molar-refractivity contribution in [3.05, 3.63) is 40.7 Å². The average Bonchev–Trinajstić information content (AvgIpc) is 2.64. The number of nitrogens with two attached hydrogens (primary N) is 1. The second kappa shape index (κ2) is 5.67. The van der Waals surface area contributed by atoms with E-state index in [-0.39, 0.29) is 17.6 Å². The van der Waals surface area contributed by atoms with Gasteiger partial charge in [0.2, 0.25) is 0 Å². The molecular formula is C16H21N3O. The van der Waals surface area contributed by atoms with Crippen LogP contribution in [0.1, 0.15) is 32.1 Å². The highest BCUT2D eigenvalue weighted by Gasteiger charge is 2.20. The molecule has 1 aromatic heterocycles. The van der Waals surface area contributed by atoms with Gasteiger partial charge in [-0.05, 0) is 30.4 Å². The maximum atomic E-state index is 12.1. The molecule has 106 valence electrons. The van der Waals surface area contributed by atoms with Crippen molar-refractivity contribution in [3.8, 4) is 0 Å². The molecule has 0 saturated heterocycles. The van der Waals surface area contributed by atoms with Gasteiger partial charge < -0.3 is 16.0 Å². The Labute approximate surface area is 118 Å². The quantitative estimate of drug-likeness (QED) is 0.735. The smallest absolute Gasteiger partial charge is 0.257 e. The molecule has 0 amide bonds. The van der Waals surface area contributed by atoms with Crippen LogP contribution in [0.4, 0.5) is 5.82 Å². The van der Waals surface area contributed by atoms with E-state index in [9.17, 15) is 4.79 Å². The van der Waals surface area contributed by atoms with Crippen molar-refractivity contribution in [2.75, 3.05) is 5.32 Å². The zero-order chi connectivity index (χ0) is 13.9. The van der Waals surface area contributed by atoms with Crippen LogP contribution in [0.25, 0.3) is 10.8 Å². The molecule has 1 heterocycles. The average molecular weight is 271 g/mol. The van der Waals surface area contributed by atoms with Gasteiger partial charge in [-0.15, -0.1) is 0 Å². The molecule has 1 fully saturated rings. The van der Waals surface area contributed by atoms with Gasteiger partial charge in [-0.1, -0.05) is 37.5 Å². The number of anilines is 1. The van der Waals surface area contributed by atoms with E-state index in [0.717, 1.165) is 29.4 Å². The van der Waals surface area contributed by atoms with Gasteiger partial charge in [0.1, 0.15) is 5.82 Å². The molecule has 2 atom stereocenters. The first-order valence-electron chi connectivity index (χ1n) is 7.38. The maximum absolute atomic E-state index is 12.1. The fraction of sp³-hybridized carbons (Fsp3) is 0.438. The summed E-state index contributed by atoms with van der Waals surface area (Å²) < 4.78 is 0. The predicted molar refractivity (Wildman–Crippen MR) is 83.0 cm³/mol. The fourth-order valence-corrected chi connectivity index (χ4v) is 3.00. The summed E-state index contributed by atoms with van der Waals surface area (Å²) in [7, 11) is 0. The fourth-order valence-electron chi connectivity index (χ4n) is 3.00. The molecule has 0 spiro atoms. The first-order chi connectivity index (χ1) is 9.74. The van der Waals surface area contributed by atoms with E-state index >= 15 is 0 Å². The number of aromatic nitrogens is 1. The Kier molecular flexibility index (Phi) is 3.74. The predicted octanol–water partition coefficient (Wildman–Crippen LogP) is 2.60. The number of fused-ring (bicyclic) bond motifs is 1. The van der Waals surface area contributed by atoms with Crippen molar-refractivity contribution in [2.24, 2.45) is 5.73 Å². The van der Waals surface area contributed by atoms with Gasteiger partial charge in [0, 0.05) is 17.5 Å². The molecule has 4 N–H and O–H groups in total. The number of hydrogen-bond donors (Lipinski definition) is 3. The van der Waals surface area contributed by atoms with Gasteiger partial charge >= 0.3 is 0 Å². The normalized spacial score (nSPS) is 23.4. The molecule has 20 heavy (non-hydrogen) atoms. The van der Waals surface area contributed by atoms with Crippen LogP contribution in [0.5, 0.6) is 0 Å². The highest BCUT2D eigenvalue weighted by molar-refractivity contribution is 5.83. The van der Waals surface area contributed by atoms with Crippen LogP contribution < -0.4 is 16.6 Å². The van der Waals surface area contributed by atoms with Gasteiger partial charge in [-0.3, -0.25) is 4.79 Å². The van der Waals surface area contributed by atoms with E-state index in [2.05, 4.69) is 10.3 Å². The van der Waals surface area contributed by atoms with Crippen LogP contribution >= 0.6 is 0 Å². The number of H-pyrrole nitrogens is 1. The van der Waals surface area contributed by atoms with Gasteiger partial charge in [0.15, 0.2) is 0 Å². The molecular weight excluding hydrogens is 250 g/mol. The lowest BCUT2D eigenvalue weighted by Crippen LogP contribution is -2.39. The lowest BCUT2D eigenvalue weighted by Gasteiger charge is -2.23. The van der Waals surface area contributed by atoms with Crippen LogP contribution in [0.3, 0.4) is 0 Å². The van der Waals surface area contributed by atoms with Crippen molar-refractivity contribution in [1.82, 2.24) is 4.98 Å². The van der Waals surface area contributed by atoms with Crippen LogP contribution in [-0.4, -0.2) is 17.1 Å². The molecule has 1 saturated carbocycles. The standard InChI is InChI=1S/C16H21N3O/c17-13-8-2-1-3-9-14(13)18-15-10-11-6-4-5-7-12(11)16(20)19-15/h4-7,10,13-14H,1-3,8-9,17H2,(H2,18,19,20). The van der Waals surface area contributed by atoms with E-state index in [1.165, 1.54) is 19.3 Å². The Hall–Kier alpha value is -1.81. The summed E-state index contributed by atoms with van der Waals surface area (Å²) in [4.78, 5) is 15.0. The minimum absolute atomic E-state index is 0.0483. The Balaban J connectivity index is 1.88. The minimum Gasteiger partial charge on any atom is -0.367 e. The molecule has 0 bridgehead atoms. The molecule has 3 rings (SSSR count). The van der Waals surface area contributed by atoms with E-state index in [1.807, 2.05) is 30.3 Å². The molecule has 2 unspecified atom stereocenters. The first-order valence-corrected chi connectivity index (χ1v) is 7.38. The third-order valence-electron chi connectivity index (χ3n) is 4.16. The Bertz CT molecular complexity index is 649. The largest absolute Gasteiger partial charge is 0.367 e. The lowest BCUT2D eigenvalue weighted by atomic mass is 10.0. The Morgan fingerprint density at radius 1 is 1.15 bits per heavy atom. The maximum Gasteiger partial charge on any atom is 0.257 e. The van der Waals surface area contributed by atoms with E-state index in [4.69, 9.17) is 5.73 Å². The second-order valence-electron chi connectivity index (χ2n) is 5.65. The van der Waals surface area contributed by atoms with Gasteiger partial charge in [-0.25, -0.2) is 0 Å². The van der Waals surface area contributed by atoms with Crippen LogP contribution in [0.15, 0.2) is 35.1 Å². The van der Waals surface area contributed by atoms with Crippen molar-refractivity contribution >= 4 is 16.6 Å². The summed E-state index contributed by atoms with van der Waals surface area (Å²) in [5.41, 5.74) is 6.17. The van der Waals surface area contributed by atoms with Crippen LogP contribution in [-0.2, 0) is 0 Å². The minimum atomic E-state index is -0.0483. The number of nitrogens with one attached hydrogen (secondary N) is 2. The number of rotatable bonds is 2. The number of hydrogen-bond acceptors (Lipinski definition) is 3. The Morgan fingerprint density at radius 3 is 2.85 bits per heavy atom. The van der Waals surface area contributed by atoms with Gasteiger partial charge in [-0.2, -0.15) is 0 Å². The topological polar surface area (TPSA) is 70.9 Å². The summed E-state index contributed by atoms with van der Waals surface area (Å²) in [6.45, 7) is 0. The summed E-state index contributed by atoms with van der Waals surface area (Å²) in [6.07, 6.45) is 5.77. The van der Waals surface area contributed by atoms with Gasteiger partial charge in [0.05, 0.1) is 0 Å². The van der Waals surface area contributed by atoms with E-state index in [1.54, 1.807) is 0 Å². The summed E-state index contributed by atoms with van der Waals surface area (Å²) in [5, 5.41) is 5.11. The monoisotopic (exact) mass is 271 g/mol. The lowest BCUT2D eigenvalue weighted by molar-refractivity contribution is 0.527. The summed E-state index contributed by atoms with van der Waals surface area (Å²) in [5.74, 6) is 0.774. The molecule has 4 nitrogen and oxygen atoms in total. The SMILES string of the molecule is NC1CCCCCC1Nc1cc2ccccc2c(=O)[nH]1. The van der Waals surface area contributed by atoms with Crippen LogP contribution in [0.2, 0.25) is 0 Å². The molecule has 1 aliphatic carbocycles.